The van der Waals surface area contributed by atoms with Gasteiger partial charge >= 0.3 is 0 Å². The van der Waals surface area contributed by atoms with Crippen LogP contribution in [0.5, 0.6) is 0 Å². The highest BCUT2D eigenvalue weighted by atomic mass is 14.9. The van der Waals surface area contributed by atoms with Crippen molar-refractivity contribution >= 4 is 0 Å². The van der Waals surface area contributed by atoms with E-state index in [0.717, 1.165) is 28.3 Å². The maximum absolute atomic E-state index is 4.77. The quantitative estimate of drug-likeness (QED) is 0.658. The molecule has 0 unspecified atom stereocenters. The van der Waals surface area contributed by atoms with Crippen molar-refractivity contribution in [1.29, 1.82) is 0 Å². The van der Waals surface area contributed by atoms with Crippen molar-refractivity contribution in [2.24, 2.45) is 0 Å². The zero-order valence-corrected chi connectivity index (χ0v) is 13.2. The molecule has 0 spiro atoms. The molecule has 0 radical (unpaired) electrons. The molecule has 0 fully saturated rings. The lowest BCUT2D eigenvalue weighted by Gasteiger charge is -2.11. The molecular formula is C20H20N2. The number of rotatable bonds is 3. The van der Waals surface area contributed by atoms with Crippen molar-refractivity contribution < 1.29 is 0 Å². The first kappa shape index (κ1) is 14.5. The van der Waals surface area contributed by atoms with Crippen molar-refractivity contribution in [2.75, 3.05) is 0 Å². The predicted molar refractivity (Wildman–Crippen MR) is 91.7 cm³/mol. The molecule has 22 heavy (non-hydrogen) atoms. The summed E-state index contributed by atoms with van der Waals surface area (Å²) in [7, 11) is 0. The minimum Gasteiger partial charge on any atom is -0.233 e. The summed E-state index contributed by atoms with van der Waals surface area (Å²) in [6.45, 7) is 6.42. The van der Waals surface area contributed by atoms with Gasteiger partial charge in [-0.25, -0.2) is 9.97 Å². The summed E-state index contributed by atoms with van der Waals surface area (Å²) in [5, 5.41) is 0. The Morgan fingerprint density at radius 1 is 0.773 bits per heavy atom. The fourth-order valence-electron chi connectivity index (χ4n) is 2.35. The number of nitrogens with zero attached hydrogens (tertiary/aromatic N) is 2. The van der Waals surface area contributed by atoms with Crippen LogP contribution in [0.4, 0.5) is 0 Å². The normalized spacial score (nSPS) is 10.9. The molecule has 2 aromatic carbocycles. The molecule has 0 N–H and O–H groups in total. The summed E-state index contributed by atoms with van der Waals surface area (Å²) in [5.74, 6) is 1.16. The van der Waals surface area contributed by atoms with E-state index in [0.29, 0.717) is 5.92 Å². The van der Waals surface area contributed by atoms with Crippen molar-refractivity contribution in [3.8, 4) is 22.6 Å². The van der Waals surface area contributed by atoms with Crippen molar-refractivity contribution in [1.82, 2.24) is 9.97 Å². The Kier molecular flexibility index (Phi) is 4.01. The highest BCUT2D eigenvalue weighted by molar-refractivity contribution is 5.64. The lowest BCUT2D eigenvalue weighted by atomic mass is 10.0. The van der Waals surface area contributed by atoms with E-state index in [1.807, 2.05) is 18.2 Å². The average Bonchev–Trinajstić information content (AvgIpc) is 2.56. The summed E-state index contributed by atoms with van der Waals surface area (Å²) in [4.78, 5) is 9.51. The van der Waals surface area contributed by atoms with Gasteiger partial charge in [-0.05, 0) is 18.9 Å². The molecule has 1 aromatic heterocycles. The first-order valence-electron chi connectivity index (χ1n) is 7.65. The molecule has 0 atom stereocenters. The maximum atomic E-state index is 4.77. The van der Waals surface area contributed by atoms with Gasteiger partial charge in [-0.15, -0.1) is 0 Å². The van der Waals surface area contributed by atoms with Crippen molar-refractivity contribution in [2.45, 2.75) is 26.7 Å². The van der Waals surface area contributed by atoms with Gasteiger partial charge in [0.2, 0.25) is 0 Å². The zero-order chi connectivity index (χ0) is 15.5. The second-order valence-electron chi connectivity index (χ2n) is 5.89. The van der Waals surface area contributed by atoms with Crippen LogP contribution in [0, 0.1) is 6.92 Å². The Labute approximate surface area is 131 Å². The molecule has 0 aliphatic heterocycles. The minimum absolute atomic E-state index is 0.370. The first-order chi connectivity index (χ1) is 10.6. The summed E-state index contributed by atoms with van der Waals surface area (Å²) >= 11 is 0. The van der Waals surface area contributed by atoms with Crippen LogP contribution in [-0.4, -0.2) is 9.97 Å². The van der Waals surface area contributed by atoms with E-state index < -0.39 is 0 Å². The molecule has 0 aliphatic carbocycles. The Hall–Kier alpha value is -2.48. The van der Waals surface area contributed by atoms with E-state index in [1.165, 1.54) is 5.56 Å². The zero-order valence-electron chi connectivity index (χ0n) is 13.2. The number of aromatic nitrogens is 2. The highest BCUT2D eigenvalue weighted by Crippen LogP contribution is 2.25. The van der Waals surface area contributed by atoms with Crippen molar-refractivity contribution in [3.05, 3.63) is 71.9 Å². The standard InChI is InChI=1S/C20H20N2/c1-14(2)18-13-19(16-11-9-15(3)10-12-16)22-20(21-18)17-7-5-4-6-8-17/h4-14H,1-3H3. The number of hydrogen-bond donors (Lipinski definition) is 0. The van der Waals surface area contributed by atoms with Gasteiger partial charge in [-0.1, -0.05) is 74.0 Å². The molecule has 0 saturated heterocycles. The van der Waals surface area contributed by atoms with E-state index in [9.17, 15) is 0 Å². The van der Waals surface area contributed by atoms with Gasteiger partial charge in [0.25, 0.3) is 0 Å². The van der Waals surface area contributed by atoms with Gasteiger partial charge in [0, 0.05) is 16.8 Å². The SMILES string of the molecule is Cc1ccc(-c2cc(C(C)C)nc(-c3ccccc3)n2)cc1. The molecule has 0 bridgehead atoms. The van der Waals surface area contributed by atoms with Gasteiger partial charge in [-0.2, -0.15) is 0 Å². The summed E-state index contributed by atoms with van der Waals surface area (Å²) in [5.41, 5.74) is 5.50. The number of aryl methyl sites for hydroxylation is 1. The minimum atomic E-state index is 0.370. The Morgan fingerprint density at radius 3 is 2.09 bits per heavy atom. The smallest absolute Gasteiger partial charge is 0.160 e. The highest BCUT2D eigenvalue weighted by Gasteiger charge is 2.10. The van der Waals surface area contributed by atoms with Crippen LogP contribution in [-0.2, 0) is 0 Å². The van der Waals surface area contributed by atoms with E-state index in [-0.39, 0.29) is 0 Å². The molecular weight excluding hydrogens is 268 g/mol. The molecule has 0 aliphatic rings. The Morgan fingerprint density at radius 2 is 1.45 bits per heavy atom. The third-order valence-electron chi connectivity index (χ3n) is 3.72. The van der Waals surface area contributed by atoms with Crippen LogP contribution in [0.2, 0.25) is 0 Å². The van der Waals surface area contributed by atoms with Crippen molar-refractivity contribution in [3.63, 3.8) is 0 Å². The largest absolute Gasteiger partial charge is 0.233 e. The predicted octanol–water partition coefficient (Wildman–Crippen LogP) is 5.24. The number of hydrogen-bond acceptors (Lipinski definition) is 2. The van der Waals surface area contributed by atoms with E-state index in [4.69, 9.17) is 9.97 Å². The van der Waals surface area contributed by atoms with Gasteiger partial charge in [0.1, 0.15) is 0 Å². The van der Waals surface area contributed by atoms with Gasteiger partial charge in [-0.3, -0.25) is 0 Å². The maximum Gasteiger partial charge on any atom is 0.160 e. The van der Waals surface area contributed by atoms with Crippen LogP contribution >= 0.6 is 0 Å². The second-order valence-corrected chi connectivity index (χ2v) is 5.89. The monoisotopic (exact) mass is 288 g/mol. The van der Waals surface area contributed by atoms with E-state index in [2.05, 4.69) is 63.2 Å². The van der Waals surface area contributed by atoms with Gasteiger partial charge in [0.05, 0.1) is 5.69 Å². The Bertz CT molecular complexity index is 759. The topological polar surface area (TPSA) is 25.8 Å². The van der Waals surface area contributed by atoms with Crippen LogP contribution in [0.1, 0.15) is 31.0 Å². The molecule has 2 nitrogen and oxygen atoms in total. The average molecular weight is 288 g/mol. The first-order valence-corrected chi connectivity index (χ1v) is 7.65. The fourth-order valence-corrected chi connectivity index (χ4v) is 2.35. The third-order valence-corrected chi connectivity index (χ3v) is 3.72. The fraction of sp³-hybridized carbons (Fsp3) is 0.200. The summed E-state index contributed by atoms with van der Waals surface area (Å²) < 4.78 is 0. The summed E-state index contributed by atoms with van der Waals surface area (Å²) in [6.07, 6.45) is 0. The van der Waals surface area contributed by atoms with Crippen LogP contribution in [0.3, 0.4) is 0 Å². The van der Waals surface area contributed by atoms with E-state index in [1.54, 1.807) is 0 Å². The molecule has 0 amide bonds. The van der Waals surface area contributed by atoms with Gasteiger partial charge in [0.15, 0.2) is 5.82 Å². The van der Waals surface area contributed by atoms with Crippen LogP contribution in [0.25, 0.3) is 22.6 Å². The van der Waals surface area contributed by atoms with Crippen LogP contribution < -0.4 is 0 Å². The lowest BCUT2D eigenvalue weighted by molar-refractivity contribution is 0.818. The van der Waals surface area contributed by atoms with E-state index >= 15 is 0 Å². The molecule has 1 heterocycles. The van der Waals surface area contributed by atoms with Crippen LogP contribution in [0.15, 0.2) is 60.7 Å². The third kappa shape index (κ3) is 3.06. The summed E-state index contributed by atoms with van der Waals surface area (Å²) in [6, 6.07) is 20.7. The second kappa shape index (κ2) is 6.10. The lowest BCUT2D eigenvalue weighted by Crippen LogP contribution is -2.00. The molecule has 3 aromatic rings. The molecule has 110 valence electrons. The molecule has 3 rings (SSSR count). The Balaban J connectivity index is 2.14. The van der Waals surface area contributed by atoms with Gasteiger partial charge < -0.3 is 0 Å². The number of benzene rings is 2. The molecule has 2 heteroatoms. The molecule has 0 saturated carbocycles.